The van der Waals surface area contributed by atoms with Crippen LogP contribution in [-0.2, 0) is 11.3 Å². The lowest BCUT2D eigenvalue weighted by Crippen LogP contribution is -2.19. The average molecular weight is 358 g/mol. The van der Waals surface area contributed by atoms with Crippen LogP contribution >= 0.6 is 15.9 Å². The van der Waals surface area contributed by atoms with Gasteiger partial charge in [0.25, 0.3) is 0 Å². The highest BCUT2D eigenvalue weighted by molar-refractivity contribution is 9.10. The summed E-state index contributed by atoms with van der Waals surface area (Å²) in [7, 11) is 1.72. The van der Waals surface area contributed by atoms with Gasteiger partial charge in [-0.2, -0.15) is 0 Å². The molecular formula is C17H28BrNO2. The van der Waals surface area contributed by atoms with Crippen molar-refractivity contribution in [2.75, 3.05) is 26.9 Å². The van der Waals surface area contributed by atoms with Gasteiger partial charge in [0.1, 0.15) is 5.75 Å². The van der Waals surface area contributed by atoms with E-state index >= 15 is 0 Å². The summed E-state index contributed by atoms with van der Waals surface area (Å²) >= 11 is 3.52. The predicted molar refractivity (Wildman–Crippen MR) is 92.0 cm³/mol. The molecule has 0 bridgehead atoms. The molecule has 0 aliphatic carbocycles. The second kappa shape index (κ2) is 12.0. The molecule has 0 aliphatic rings. The van der Waals surface area contributed by atoms with Crippen LogP contribution in [0.15, 0.2) is 22.7 Å². The first-order valence-corrected chi connectivity index (χ1v) is 8.68. The van der Waals surface area contributed by atoms with Crippen molar-refractivity contribution < 1.29 is 9.47 Å². The maximum atomic E-state index is 5.94. The fourth-order valence-electron chi connectivity index (χ4n) is 2.11. The lowest BCUT2D eigenvalue weighted by Gasteiger charge is -2.13. The molecule has 0 saturated heterocycles. The van der Waals surface area contributed by atoms with E-state index < -0.39 is 0 Å². The van der Waals surface area contributed by atoms with Crippen molar-refractivity contribution in [1.29, 1.82) is 0 Å². The van der Waals surface area contributed by atoms with Crippen molar-refractivity contribution in [2.45, 2.75) is 45.6 Å². The Kier molecular flexibility index (Phi) is 10.6. The van der Waals surface area contributed by atoms with Gasteiger partial charge in [0, 0.05) is 30.2 Å². The van der Waals surface area contributed by atoms with Crippen molar-refractivity contribution in [3.8, 4) is 5.75 Å². The van der Waals surface area contributed by atoms with Crippen molar-refractivity contribution in [2.24, 2.45) is 0 Å². The fraction of sp³-hybridized carbons (Fsp3) is 0.647. The molecule has 0 amide bonds. The van der Waals surface area contributed by atoms with Crippen LogP contribution in [0, 0.1) is 0 Å². The topological polar surface area (TPSA) is 30.5 Å². The van der Waals surface area contributed by atoms with Crippen molar-refractivity contribution in [3.05, 3.63) is 28.2 Å². The smallest absolute Gasteiger partial charge is 0.123 e. The molecule has 0 unspecified atom stereocenters. The summed E-state index contributed by atoms with van der Waals surface area (Å²) < 4.78 is 12.1. The Balaban J connectivity index is 2.37. The fourth-order valence-corrected chi connectivity index (χ4v) is 2.52. The number of halogens is 1. The van der Waals surface area contributed by atoms with E-state index in [0.717, 1.165) is 42.9 Å². The van der Waals surface area contributed by atoms with Crippen molar-refractivity contribution in [1.82, 2.24) is 5.32 Å². The van der Waals surface area contributed by atoms with Gasteiger partial charge in [-0.15, -0.1) is 0 Å². The number of benzene rings is 1. The highest BCUT2D eigenvalue weighted by Crippen LogP contribution is 2.23. The number of methoxy groups -OCH3 is 1. The van der Waals surface area contributed by atoms with E-state index in [-0.39, 0.29) is 0 Å². The second-order valence-electron chi connectivity index (χ2n) is 5.18. The Labute approximate surface area is 137 Å². The predicted octanol–water partition coefficient (Wildman–Crippen LogP) is 4.53. The monoisotopic (exact) mass is 357 g/mol. The Hall–Kier alpha value is -0.580. The number of unbranched alkanes of at least 4 members (excludes halogenated alkanes) is 4. The molecule has 3 nitrogen and oxygen atoms in total. The van der Waals surface area contributed by atoms with Gasteiger partial charge in [0.05, 0.1) is 13.2 Å². The van der Waals surface area contributed by atoms with Gasteiger partial charge < -0.3 is 14.8 Å². The molecule has 0 atom stereocenters. The van der Waals surface area contributed by atoms with Gasteiger partial charge >= 0.3 is 0 Å². The molecule has 0 radical (unpaired) electrons. The van der Waals surface area contributed by atoms with E-state index in [1.807, 2.05) is 12.1 Å². The Morgan fingerprint density at radius 2 is 1.90 bits per heavy atom. The minimum atomic E-state index is 0.724. The first-order valence-electron chi connectivity index (χ1n) is 7.88. The Morgan fingerprint density at radius 1 is 1.10 bits per heavy atom. The highest BCUT2D eigenvalue weighted by atomic mass is 79.9. The van der Waals surface area contributed by atoms with Crippen LogP contribution in [0.3, 0.4) is 0 Å². The Morgan fingerprint density at radius 3 is 2.67 bits per heavy atom. The largest absolute Gasteiger partial charge is 0.493 e. The lowest BCUT2D eigenvalue weighted by atomic mass is 10.1. The molecule has 21 heavy (non-hydrogen) atoms. The summed E-state index contributed by atoms with van der Waals surface area (Å²) in [5.41, 5.74) is 1.19. The third-order valence-corrected chi connectivity index (χ3v) is 3.82. The summed E-state index contributed by atoms with van der Waals surface area (Å²) in [5.74, 6) is 0.985. The third kappa shape index (κ3) is 8.44. The van der Waals surface area contributed by atoms with Crippen LogP contribution < -0.4 is 10.1 Å². The molecule has 0 saturated carbocycles. The van der Waals surface area contributed by atoms with Gasteiger partial charge in [-0.1, -0.05) is 48.5 Å². The zero-order chi connectivity index (χ0) is 15.3. The standard InChI is InChI=1S/C17H28BrNO2/c1-3-4-5-6-7-11-21-17-9-8-16(18)13-15(17)14-19-10-12-20-2/h8-9,13,19H,3-7,10-12,14H2,1-2H3. The zero-order valence-electron chi connectivity index (χ0n) is 13.3. The number of rotatable bonds is 12. The number of nitrogens with one attached hydrogen (secondary N) is 1. The molecule has 0 fully saturated rings. The molecule has 0 heterocycles. The molecule has 1 aromatic rings. The highest BCUT2D eigenvalue weighted by Gasteiger charge is 2.04. The number of hydrogen-bond donors (Lipinski definition) is 1. The van der Waals surface area contributed by atoms with Crippen molar-refractivity contribution >= 4 is 15.9 Å². The average Bonchev–Trinajstić information content (AvgIpc) is 2.49. The Bertz CT molecular complexity index is 385. The summed E-state index contributed by atoms with van der Waals surface area (Å²) in [6.07, 6.45) is 6.31. The molecule has 120 valence electrons. The van der Waals surface area contributed by atoms with E-state index in [4.69, 9.17) is 9.47 Å². The maximum absolute atomic E-state index is 5.94. The van der Waals surface area contributed by atoms with Gasteiger partial charge in [0.2, 0.25) is 0 Å². The van der Waals surface area contributed by atoms with Gasteiger partial charge in [-0.3, -0.25) is 0 Å². The van der Waals surface area contributed by atoms with E-state index in [9.17, 15) is 0 Å². The lowest BCUT2D eigenvalue weighted by molar-refractivity contribution is 0.199. The molecule has 1 N–H and O–H groups in total. The molecule has 1 rings (SSSR count). The normalized spacial score (nSPS) is 10.8. The van der Waals surface area contributed by atoms with Gasteiger partial charge in [0.15, 0.2) is 0 Å². The summed E-state index contributed by atoms with van der Waals surface area (Å²) in [4.78, 5) is 0. The van der Waals surface area contributed by atoms with E-state index in [0.29, 0.717) is 0 Å². The quantitative estimate of drug-likeness (QED) is 0.557. The minimum absolute atomic E-state index is 0.724. The molecule has 4 heteroatoms. The first-order chi connectivity index (χ1) is 10.3. The van der Waals surface area contributed by atoms with Crippen LogP contribution in [0.5, 0.6) is 5.75 Å². The summed E-state index contributed by atoms with van der Waals surface area (Å²) in [6.45, 7) is 5.41. The number of ether oxygens (including phenoxy) is 2. The van der Waals surface area contributed by atoms with Gasteiger partial charge in [-0.05, 0) is 24.6 Å². The maximum Gasteiger partial charge on any atom is 0.123 e. The van der Waals surface area contributed by atoms with Crippen LogP contribution in [0.1, 0.15) is 44.6 Å². The molecular weight excluding hydrogens is 330 g/mol. The van der Waals surface area contributed by atoms with Crippen molar-refractivity contribution in [3.63, 3.8) is 0 Å². The zero-order valence-corrected chi connectivity index (χ0v) is 14.9. The van der Waals surface area contributed by atoms with E-state index in [2.05, 4.69) is 34.2 Å². The SMILES string of the molecule is CCCCCCCOc1ccc(Br)cc1CNCCOC. The first kappa shape index (κ1) is 18.5. The number of hydrogen-bond acceptors (Lipinski definition) is 3. The molecule has 0 spiro atoms. The van der Waals surface area contributed by atoms with Gasteiger partial charge in [-0.25, -0.2) is 0 Å². The van der Waals surface area contributed by atoms with Crippen LogP contribution in [0.4, 0.5) is 0 Å². The van der Waals surface area contributed by atoms with E-state index in [1.54, 1.807) is 7.11 Å². The minimum Gasteiger partial charge on any atom is -0.493 e. The van der Waals surface area contributed by atoms with E-state index in [1.165, 1.54) is 31.2 Å². The third-order valence-electron chi connectivity index (χ3n) is 3.33. The van der Waals surface area contributed by atoms with Crippen LogP contribution in [0.2, 0.25) is 0 Å². The molecule has 1 aromatic carbocycles. The summed E-state index contributed by atoms with van der Waals surface area (Å²) in [6, 6.07) is 6.20. The second-order valence-corrected chi connectivity index (χ2v) is 6.10. The molecule has 0 aromatic heterocycles. The van der Waals surface area contributed by atoms with Crippen LogP contribution in [0.25, 0.3) is 0 Å². The van der Waals surface area contributed by atoms with Crippen LogP contribution in [-0.4, -0.2) is 26.9 Å². The summed E-state index contributed by atoms with van der Waals surface area (Å²) in [5, 5.41) is 3.36. The molecule has 0 aliphatic heterocycles.